The molecule has 0 aliphatic carbocycles. The lowest BCUT2D eigenvalue weighted by Gasteiger charge is -2.32. The minimum atomic E-state index is -0.209. The fourth-order valence-electron chi connectivity index (χ4n) is 2.74. The van der Waals surface area contributed by atoms with Crippen molar-refractivity contribution in [3.8, 4) is 0 Å². The molecule has 7 heteroatoms. The van der Waals surface area contributed by atoms with Crippen molar-refractivity contribution in [3.63, 3.8) is 0 Å². The van der Waals surface area contributed by atoms with E-state index < -0.39 is 0 Å². The number of nitrogens with one attached hydrogen (secondary N) is 1. The number of anilines is 1. The molecular weight excluding hydrogens is 320 g/mol. The van der Waals surface area contributed by atoms with Crippen LogP contribution >= 0.6 is 0 Å². The molecule has 132 valence electrons. The monoisotopic (exact) mass is 342 g/mol. The Bertz CT molecular complexity index is 772. The van der Waals surface area contributed by atoms with Crippen LogP contribution < -0.4 is 15.8 Å². The fourth-order valence-corrected chi connectivity index (χ4v) is 2.74. The van der Waals surface area contributed by atoms with Crippen molar-refractivity contribution >= 4 is 11.7 Å². The van der Waals surface area contributed by atoms with E-state index >= 15 is 0 Å². The molecule has 0 spiro atoms. The van der Waals surface area contributed by atoms with Crippen LogP contribution in [0.5, 0.6) is 0 Å². The highest BCUT2D eigenvalue weighted by Gasteiger charge is 2.17. The van der Waals surface area contributed by atoms with Gasteiger partial charge in [-0.15, -0.1) is 0 Å². The highest BCUT2D eigenvalue weighted by molar-refractivity contribution is 5.75. The minimum Gasteiger partial charge on any atom is -0.375 e. The van der Waals surface area contributed by atoms with Crippen LogP contribution in [0.3, 0.4) is 0 Å². The number of carbonyl (C=O) groups excluding carboxylic acids is 1. The average molecular weight is 342 g/mol. The third-order valence-electron chi connectivity index (χ3n) is 4.08. The largest absolute Gasteiger partial charge is 0.375 e. The molecule has 2 aromatic heterocycles. The Hall–Kier alpha value is -2.67. The highest BCUT2D eigenvalue weighted by Crippen LogP contribution is 2.15. The smallest absolute Gasteiger partial charge is 0.250 e. The molecular formula is C18H22N4O3. The second-order valence-corrected chi connectivity index (χ2v) is 6.10. The molecule has 0 unspecified atom stereocenters. The number of nitrogens with zero attached hydrogens (tertiary/aromatic N) is 3. The van der Waals surface area contributed by atoms with Gasteiger partial charge in [-0.1, -0.05) is 12.1 Å². The normalized spacial score (nSPS) is 17.3. The topological polar surface area (TPSA) is 76.5 Å². The van der Waals surface area contributed by atoms with Gasteiger partial charge in [-0.2, -0.15) is 0 Å². The van der Waals surface area contributed by atoms with Crippen molar-refractivity contribution in [2.24, 2.45) is 0 Å². The van der Waals surface area contributed by atoms with Crippen LogP contribution in [-0.2, 0) is 22.6 Å². The summed E-state index contributed by atoms with van der Waals surface area (Å²) in [7, 11) is 0. The van der Waals surface area contributed by atoms with Gasteiger partial charge in [0.2, 0.25) is 5.91 Å². The molecule has 25 heavy (non-hydrogen) atoms. The molecule has 1 N–H and O–H groups in total. The Balaban J connectivity index is 1.52. The molecule has 2 aromatic rings. The van der Waals surface area contributed by atoms with Crippen molar-refractivity contribution in [1.82, 2.24) is 14.9 Å². The van der Waals surface area contributed by atoms with Crippen LogP contribution in [0.1, 0.15) is 12.5 Å². The van der Waals surface area contributed by atoms with E-state index in [2.05, 4.69) is 15.2 Å². The summed E-state index contributed by atoms with van der Waals surface area (Å²) in [6.45, 7) is 4.81. The summed E-state index contributed by atoms with van der Waals surface area (Å²) in [6.07, 6.45) is 3.57. The van der Waals surface area contributed by atoms with Crippen LogP contribution in [0.15, 0.2) is 47.5 Å². The molecule has 7 nitrogen and oxygen atoms in total. The average Bonchev–Trinajstić information content (AvgIpc) is 2.62. The Morgan fingerprint density at radius 1 is 1.36 bits per heavy atom. The molecule has 1 aliphatic heterocycles. The maximum atomic E-state index is 12.0. The van der Waals surface area contributed by atoms with Crippen LogP contribution in [0.2, 0.25) is 0 Å². The van der Waals surface area contributed by atoms with E-state index in [-0.39, 0.29) is 24.1 Å². The second kappa shape index (κ2) is 7.94. The van der Waals surface area contributed by atoms with Gasteiger partial charge in [0, 0.05) is 38.1 Å². The van der Waals surface area contributed by atoms with Gasteiger partial charge in [0.05, 0.1) is 12.7 Å². The van der Waals surface area contributed by atoms with Crippen LogP contribution in [0, 0.1) is 0 Å². The molecule has 0 aromatic carbocycles. The Morgan fingerprint density at radius 3 is 2.96 bits per heavy atom. The molecule has 1 amide bonds. The van der Waals surface area contributed by atoms with Crippen LogP contribution in [0.4, 0.5) is 5.82 Å². The van der Waals surface area contributed by atoms with Gasteiger partial charge >= 0.3 is 0 Å². The standard InChI is InChI=1S/C18H22N4O3/c1-14-12-21(8-9-25-14)16-6-5-15(10-19-16)11-20-17(23)13-22-7-3-2-4-18(22)24/h2-7,10,14H,8-9,11-13H2,1H3,(H,20,23)/t14-/m1/s1. The minimum absolute atomic E-state index is 0.0108. The molecule has 1 aliphatic rings. The number of ether oxygens (including phenoxy) is 1. The van der Waals surface area contributed by atoms with Crippen LogP contribution in [0.25, 0.3) is 0 Å². The quantitative estimate of drug-likeness (QED) is 0.869. The van der Waals surface area contributed by atoms with Gasteiger partial charge in [-0.3, -0.25) is 9.59 Å². The summed E-state index contributed by atoms with van der Waals surface area (Å²) in [6, 6.07) is 8.73. The van der Waals surface area contributed by atoms with Gasteiger partial charge in [0.25, 0.3) is 5.56 Å². The van der Waals surface area contributed by atoms with Gasteiger partial charge in [0.15, 0.2) is 0 Å². The van der Waals surface area contributed by atoms with Gasteiger partial charge < -0.3 is 19.5 Å². The van der Waals surface area contributed by atoms with E-state index in [1.807, 2.05) is 19.1 Å². The number of aromatic nitrogens is 2. The number of hydrogen-bond acceptors (Lipinski definition) is 5. The summed E-state index contributed by atoms with van der Waals surface area (Å²) in [4.78, 5) is 30.2. The van der Waals surface area contributed by atoms with E-state index in [4.69, 9.17) is 4.74 Å². The second-order valence-electron chi connectivity index (χ2n) is 6.10. The number of rotatable bonds is 5. The maximum absolute atomic E-state index is 12.0. The predicted octanol–water partition coefficient (Wildman–Crippen LogP) is 0.785. The van der Waals surface area contributed by atoms with Crippen molar-refractivity contribution < 1.29 is 9.53 Å². The zero-order valence-corrected chi connectivity index (χ0v) is 14.2. The van der Waals surface area contributed by atoms with Gasteiger partial charge in [-0.05, 0) is 24.6 Å². The first-order valence-corrected chi connectivity index (χ1v) is 8.35. The lowest BCUT2D eigenvalue weighted by atomic mass is 10.2. The Labute approximate surface area is 146 Å². The Morgan fingerprint density at radius 2 is 2.24 bits per heavy atom. The number of pyridine rings is 2. The number of hydrogen-bond donors (Lipinski definition) is 1. The number of amides is 1. The summed E-state index contributed by atoms with van der Waals surface area (Å²) in [5.74, 6) is 0.709. The van der Waals surface area contributed by atoms with Crippen LogP contribution in [-0.4, -0.2) is 41.3 Å². The third kappa shape index (κ3) is 4.67. The first kappa shape index (κ1) is 17.2. The predicted molar refractivity (Wildman–Crippen MR) is 94.4 cm³/mol. The number of carbonyl (C=O) groups is 1. The molecule has 3 heterocycles. The summed E-state index contributed by atoms with van der Waals surface area (Å²) in [5, 5.41) is 2.81. The van der Waals surface area contributed by atoms with E-state index in [1.165, 1.54) is 10.6 Å². The summed E-state index contributed by atoms with van der Waals surface area (Å²) < 4.78 is 6.91. The highest BCUT2D eigenvalue weighted by atomic mass is 16.5. The molecule has 1 saturated heterocycles. The molecule has 1 fully saturated rings. The lowest BCUT2D eigenvalue weighted by Crippen LogP contribution is -2.41. The molecule has 1 atom stereocenters. The first-order chi connectivity index (χ1) is 12.1. The van der Waals surface area contributed by atoms with E-state index in [9.17, 15) is 9.59 Å². The number of morpholine rings is 1. The lowest BCUT2D eigenvalue weighted by molar-refractivity contribution is -0.121. The molecule has 0 saturated carbocycles. The summed E-state index contributed by atoms with van der Waals surface area (Å²) >= 11 is 0. The van der Waals surface area contributed by atoms with Crippen molar-refractivity contribution in [2.75, 3.05) is 24.6 Å². The van der Waals surface area contributed by atoms with Gasteiger partial charge in [0.1, 0.15) is 12.4 Å². The first-order valence-electron chi connectivity index (χ1n) is 8.35. The maximum Gasteiger partial charge on any atom is 0.250 e. The molecule has 0 radical (unpaired) electrons. The van der Waals surface area contributed by atoms with E-state index in [0.717, 1.165) is 24.5 Å². The molecule has 0 bridgehead atoms. The van der Waals surface area contributed by atoms with E-state index in [1.54, 1.807) is 24.5 Å². The SMILES string of the molecule is C[C@@H]1CN(c2ccc(CNC(=O)Cn3ccccc3=O)cn2)CCO1. The van der Waals surface area contributed by atoms with Gasteiger partial charge in [-0.25, -0.2) is 4.98 Å². The zero-order valence-electron chi connectivity index (χ0n) is 14.2. The summed E-state index contributed by atoms with van der Waals surface area (Å²) in [5.41, 5.74) is 0.724. The zero-order chi connectivity index (χ0) is 17.6. The van der Waals surface area contributed by atoms with Crippen molar-refractivity contribution in [2.45, 2.75) is 26.1 Å². The third-order valence-corrected chi connectivity index (χ3v) is 4.08. The van der Waals surface area contributed by atoms with E-state index in [0.29, 0.717) is 13.2 Å². The van der Waals surface area contributed by atoms with Crippen molar-refractivity contribution in [3.05, 3.63) is 58.6 Å². The fraction of sp³-hybridized carbons (Fsp3) is 0.389. The Kier molecular flexibility index (Phi) is 5.45. The van der Waals surface area contributed by atoms with Crippen molar-refractivity contribution in [1.29, 1.82) is 0 Å². The molecule has 3 rings (SSSR count).